The Balaban J connectivity index is 1.93. The fourth-order valence-electron chi connectivity index (χ4n) is 3.38. The van der Waals surface area contributed by atoms with Crippen molar-refractivity contribution in [2.45, 2.75) is 70.3 Å². The molecule has 2 aliphatic carbocycles. The summed E-state index contributed by atoms with van der Waals surface area (Å²) < 4.78 is 5.45. The third kappa shape index (κ3) is 3.95. The van der Waals surface area contributed by atoms with Crippen LogP contribution >= 0.6 is 0 Å². The molecule has 0 aromatic carbocycles. The Morgan fingerprint density at radius 1 is 0.895 bits per heavy atom. The minimum atomic E-state index is -1.01. The second kappa shape index (κ2) is 6.92. The third-order valence-corrected chi connectivity index (χ3v) is 4.48. The monoisotopic (exact) mass is 268 g/mol. The van der Waals surface area contributed by atoms with Crippen molar-refractivity contribution in [2.75, 3.05) is 0 Å². The zero-order valence-electron chi connectivity index (χ0n) is 11.5. The molecular weight excluding hydrogens is 244 g/mol. The van der Waals surface area contributed by atoms with Crippen LogP contribution in [0.15, 0.2) is 0 Å². The van der Waals surface area contributed by atoms with Gasteiger partial charge in [-0.1, -0.05) is 25.7 Å². The fourth-order valence-corrected chi connectivity index (χ4v) is 3.38. The van der Waals surface area contributed by atoms with E-state index in [0.717, 1.165) is 57.8 Å². The summed E-state index contributed by atoms with van der Waals surface area (Å²) in [6.07, 6.45) is 10.00. The number of hydrogen-bond donors (Lipinski definition) is 1. The van der Waals surface area contributed by atoms with Crippen LogP contribution in [0.3, 0.4) is 0 Å². The lowest BCUT2D eigenvalue weighted by Gasteiger charge is -2.28. The number of carboxylic acid groups (broad SMARTS) is 1. The van der Waals surface area contributed by atoms with Gasteiger partial charge in [-0.05, 0) is 44.4 Å². The average molecular weight is 268 g/mol. The van der Waals surface area contributed by atoms with Gasteiger partial charge in [-0.25, -0.2) is 0 Å². The number of ether oxygens (including phenoxy) is 1. The standard InChI is InChI=1S/C15H24O4/c16-14(17)13(11-7-3-1-4-8-11)15(18)19-12-9-5-2-6-10-12/h11-13H,1-10H2,(H,16,17). The molecule has 0 bridgehead atoms. The average Bonchev–Trinajstić information content (AvgIpc) is 2.40. The van der Waals surface area contributed by atoms with Gasteiger partial charge in [-0.3, -0.25) is 9.59 Å². The summed E-state index contributed by atoms with van der Waals surface area (Å²) >= 11 is 0. The van der Waals surface area contributed by atoms with Gasteiger partial charge in [0.1, 0.15) is 6.10 Å². The first-order valence-electron chi connectivity index (χ1n) is 7.62. The summed E-state index contributed by atoms with van der Waals surface area (Å²) in [4.78, 5) is 23.5. The van der Waals surface area contributed by atoms with Crippen LogP contribution < -0.4 is 0 Å². The summed E-state index contributed by atoms with van der Waals surface area (Å²) in [6, 6.07) is 0. The smallest absolute Gasteiger partial charge is 0.320 e. The van der Waals surface area contributed by atoms with Crippen molar-refractivity contribution in [3.63, 3.8) is 0 Å². The van der Waals surface area contributed by atoms with Gasteiger partial charge in [0.15, 0.2) is 5.92 Å². The van der Waals surface area contributed by atoms with Crippen LogP contribution in [0, 0.1) is 11.8 Å². The maximum Gasteiger partial charge on any atom is 0.320 e. The van der Waals surface area contributed by atoms with E-state index in [-0.39, 0.29) is 12.0 Å². The minimum Gasteiger partial charge on any atom is -0.481 e. The van der Waals surface area contributed by atoms with E-state index in [4.69, 9.17) is 4.74 Å². The molecular formula is C15H24O4. The molecule has 1 N–H and O–H groups in total. The van der Waals surface area contributed by atoms with Crippen LogP contribution in [-0.4, -0.2) is 23.1 Å². The van der Waals surface area contributed by atoms with Crippen molar-refractivity contribution in [1.82, 2.24) is 0 Å². The van der Waals surface area contributed by atoms with Crippen molar-refractivity contribution in [1.29, 1.82) is 0 Å². The quantitative estimate of drug-likeness (QED) is 0.628. The lowest BCUT2D eigenvalue weighted by Crippen LogP contribution is -2.36. The number of carbonyl (C=O) groups is 2. The highest BCUT2D eigenvalue weighted by Crippen LogP contribution is 2.32. The molecule has 2 rings (SSSR count). The van der Waals surface area contributed by atoms with E-state index in [1.54, 1.807) is 0 Å². The summed E-state index contributed by atoms with van der Waals surface area (Å²) in [5, 5.41) is 9.32. The highest BCUT2D eigenvalue weighted by molar-refractivity contribution is 5.94. The van der Waals surface area contributed by atoms with Gasteiger partial charge in [-0.2, -0.15) is 0 Å². The highest BCUT2D eigenvalue weighted by atomic mass is 16.5. The van der Waals surface area contributed by atoms with Gasteiger partial charge >= 0.3 is 11.9 Å². The van der Waals surface area contributed by atoms with Crippen LogP contribution in [0.1, 0.15) is 64.2 Å². The van der Waals surface area contributed by atoms with Crippen LogP contribution in [-0.2, 0) is 14.3 Å². The second-order valence-electron chi connectivity index (χ2n) is 5.91. The molecule has 4 heteroatoms. The zero-order chi connectivity index (χ0) is 13.7. The molecule has 0 radical (unpaired) electrons. The molecule has 1 atom stereocenters. The Kier molecular flexibility index (Phi) is 5.23. The van der Waals surface area contributed by atoms with E-state index < -0.39 is 17.9 Å². The van der Waals surface area contributed by atoms with Crippen LogP contribution in [0.2, 0.25) is 0 Å². The van der Waals surface area contributed by atoms with Crippen molar-refractivity contribution in [3.05, 3.63) is 0 Å². The summed E-state index contributed by atoms with van der Waals surface area (Å²) in [7, 11) is 0. The Morgan fingerprint density at radius 2 is 1.42 bits per heavy atom. The molecule has 0 saturated heterocycles. The molecule has 19 heavy (non-hydrogen) atoms. The van der Waals surface area contributed by atoms with Gasteiger partial charge in [0, 0.05) is 0 Å². The second-order valence-corrected chi connectivity index (χ2v) is 5.91. The minimum absolute atomic E-state index is 0.0256. The molecule has 0 aliphatic heterocycles. The fraction of sp³-hybridized carbons (Fsp3) is 0.867. The Bertz CT molecular complexity index is 314. The van der Waals surface area contributed by atoms with Crippen molar-refractivity contribution in [3.8, 4) is 0 Å². The zero-order valence-corrected chi connectivity index (χ0v) is 11.5. The molecule has 4 nitrogen and oxygen atoms in total. The van der Waals surface area contributed by atoms with Crippen molar-refractivity contribution >= 4 is 11.9 Å². The lowest BCUT2D eigenvalue weighted by atomic mass is 9.80. The number of hydrogen-bond acceptors (Lipinski definition) is 3. The van der Waals surface area contributed by atoms with Crippen LogP contribution in [0.4, 0.5) is 0 Å². The molecule has 2 fully saturated rings. The lowest BCUT2D eigenvalue weighted by molar-refractivity contribution is -0.166. The van der Waals surface area contributed by atoms with E-state index in [0.29, 0.717) is 0 Å². The Labute approximate surface area is 114 Å². The number of aliphatic carboxylic acids is 1. The number of carboxylic acids is 1. The van der Waals surface area contributed by atoms with E-state index in [2.05, 4.69) is 0 Å². The first kappa shape index (κ1) is 14.4. The molecule has 2 aliphatic rings. The van der Waals surface area contributed by atoms with Gasteiger partial charge in [0.2, 0.25) is 0 Å². The van der Waals surface area contributed by atoms with E-state index in [1.807, 2.05) is 0 Å². The highest BCUT2D eigenvalue weighted by Gasteiger charge is 2.37. The van der Waals surface area contributed by atoms with E-state index in [1.165, 1.54) is 6.42 Å². The van der Waals surface area contributed by atoms with E-state index in [9.17, 15) is 14.7 Å². The molecule has 0 aromatic rings. The summed E-state index contributed by atoms with van der Waals surface area (Å²) in [5.74, 6) is -2.47. The maximum absolute atomic E-state index is 12.1. The molecule has 108 valence electrons. The van der Waals surface area contributed by atoms with Gasteiger partial charge in [-0.15, -0.1) is 0 Å². The first-order chi connectivity index (χ1) is 9.18. The Hall–Kier alpha value is -1.06. The van der Waals surface area contributed by atoms with Crippen molar-refractivity contribution in [2.24, 2.45) is 11.8 Å². The van der Waals surface area contributed by atoms with Crippen molar-refractivity contribution < 1.29 is 19.4 Å². The molecule has 0 amide bonds. The molecule has 0 spiro atoms. The largest absolute Gasteiger partial charge is 0.481 e. The molecule has 1 unspecified atom stereocenters. The SMILES string of the molecule is O=C(O)C(C(=O)OC1CCCCC1)C1CCCCC1. The predicted octanol–water partition coefficient (Wildman–Crippen LogP) is 3.14. The van der Waals surface area contributed by atoms with Gasteiger partial charge in [0.05, 0.1) is 0 Å². The van der Waals surface area contributed by atoms with Crippen LogP contribution in [0.5, 0.6) is 0 Å². The topological polar surface area (TPSA) is 63.6 Å². The third-order valence-electron chi connectivity index (χ3n) is 4.48. The van der Waals surface area contributed by atoms with Crippen LogP contribution in [0.25, 0.3) is 0 Å². The first-order valence-corrected chi connectivity index (χ1v) is 7.62. The number of esters is 1. The molecule has 0 heterocycles. The number of rotatable bonds is 4. The normalized spacial score (nSPS) is 23.8. The van der Waals surface area contributed by atoms with Gasteiger partial charge in [0.25, 0.3) is 0 Å². The molecule has 2 saturated carbocycles. The molecule has 0 aromatic heterocycles. The van der Waals surface area contributed by atoms with E-state index >= 15 is 0 Å². The number of carbonyl (C=O) groups excluding carboxylic acids is 1. The summed E-state index contributed by atoms with van der Waals surface area (Å²) in [6.45, 7) is 0. The maximum atomic E-state index is 12.1. The summed E-state index contributed by atoms with van der Waals surface area (Å²) in [5.41, 5.74) is 0. The predicted molar refractivity (Wildman–Crippen MR) is 70.7 cm³/mol. The Morgan fingerprint density at radius 3 is 1.95 bits per heavy atom. The van der Waals surface area contributed by atoms with Gasteiger partial charge < -0.3 is 9.84 Å².